The molecule has 3 nitrogen and oxygen atoms in total. The lowest BCUT2D eigenvalue weighted by Gasteiger charge is -2.44. The second-order valence-corrected chi connectivity index (χ2v) is 7.60. The van der Waals surface area contributed by atoms with E-state index >= 15 is 0 Å². The van der Waals surface area contributed by atoms with Crippen LogP contribution < -0.4 is 0 Å². The molecule has 0 aliphatic rings. The van der Waals surface area contributed by atoms with Crippen molar-refractivity contribution in [3.63, 3.8) is 0 Å². The standard InChI is InChI=1S/C11H5F19O3S/c1-2-33-34(31,32)9(24,11(28,29)30)7(20,21)5(16,17)3(12,13)4(14,15)6(18,19)8(22,23)10(25,26)27/h2H2,1H3. The molecule has 1 unspecified atom stereocenters. The highest BCUT2D eigenvalue weighted by Crippen LogP contribution is 2.65. The first-order valence-electron chi connectivity index (χ1n) is 7.29. The van der Waals surface area contributed by atoms with Gasteiger partial charge in [0.25, 0.3) is 0 Å². The Balaban J connectivity index is 7.36. The summed E-state index contributed by atoms with van der Waals surface area (Å²) < 4.78 is 272. The van der Waals surface area contributed by atoms with E-state index in [0.29, 0.717) is 0 Å². The van der Waals surface area contributed by atoms with Crippen molar-refractivity contribution < 1.29 is 96.0 Å². The lowest BCUT2D eigenvalue weighted by atomic mass is 9.89. The maximum absolute atomic E-state index is 14.0. The molecule has 1 atom stereocenters. The van der Waals surface area contributed by atoms with E-state index in [0.717, 1.165) is 0 Å². The second-order valence-electron chi connectivity index (χ2n) is 5.90. The summed E-state index contributed by atoms with van der Waals surface area (Å²) in [4.78, 5) is 0. The van der Waals surface area contributed by atoms with Crippen molar-refractivity contribution >= 4 is 10.1 Å². The van der Waals surface area contributed by atoms with E-state index in [1.165, 1.54) is 0 Å². The van der Waals surface area contributed by atoms with Gasteiger partial charge in [0.15, 0.2) is 0 Å². The first-order valence-corrected chi connectivity index (χ1v) is 8.70. The Morgan fingerprint density at radius 3 is 0.971 bits per heavy atom. The zero-order valence-corrected chi connectivity index (χ0v) is 15.8. The summed E-state index contributed by atoms with van der Waals surface area (Å²) in [5, 5.41) is -8.17. The van der Waals surface area contributed by atoms with Crippen LogP contribution in [0.4, 0.5) is 83.4 Å². The molecule has 23 heteroatoms. The molecule has 0 aromatic carbocycles. The van der Waals surface area contributed by atoms with Gasteiger partial charge in [-0.3, -0.25) is 4.18 Å². The zero-order valence-electron chi connectivity index (χ0n) is 15.0. The highest BCUT2D eigenvalue weighted by atomic mass is 32.2. The molecule has 0 fully saturated rings. The van der Waals surface area contributed by atoms with Gasteiger partial charge in [0.1, 0.15) is 0 Å². The summed E-state index contributed by atoms with van der Waals surface area (Å²) in [6.45, 7) is -1.62. The van der Waals surface area contributed by atoms with Crippen molar-refractivity contribution in [2.45, 2.75) is 59.8 Å². The molecule has 0 heterocycles. The van der Waals surface area contributed by atoms with Crippen LogP contribution in [0.25, 0.3) is 0 Å². The number of rotatable bonds is 9. The van der Waals surface area contributed by atoms with Crippen molar-refractivity contribution in [3.8, 4) is 0 Å². The molecule has 0 aromatic heterocycles. The zero-order chi connectivity index (χ0) is 28.4. The lowest BCUT2D eigenvalue weighted by Crippen LogP contribution is -2.77. The van der Waals surface area contributed by atoms with E-state index < -0.39 is 69.6 Å². The number of hydrogen-bond acceptors (Lipinski definition) is 3. The minimum atomic E-state index is -9.13. The van der Waals surface area contributed by atoms with E-state index in [9.17, 15) is 91.8 Å². The molecule has 0 aromatic rings. The summed E-state index contributed by atoms with van der Waals surface area (Å²) in [5.41, 5.74) is 0. The van der Waals surface area contributed by atoms with E-state index in [2.05, 4.69) is 4.18 Å². The van der Waals surface area contributed by atoms with Gasteiger partial charge in [0.05, 0.1) is 6.61 Å². The highest BCUT2D eigenvalue weighted by molar-refractivity contribution is 7.88. The van der Waals surface area contributed by atoms with Gasteiger partial charge in [-0.2, -0.15) is 87.4 Å². The third-order valence-corrected chi connectivity index (χ3v) is 5.44. The molecule has 0 radical (unpaired) electrons. The molecule has 206 valence electrons. The van der Waals surface area contributed by atoms with Crippen LogP contribution in [0, 0.1) is 0 Å². The minimum Gasteiger partial charge on any atom is -0.267 e. The molecule has 0 bridgehead atoms. The monoisotopic (exact) mass is 578 g/mol. The van der Waals surface area contributed by atoms with Gasteiger partial charge >= 0.3 is 63.0 Å². The lowest BCUT2D eigenvalue weighted by molar-refractivity contribution is -0.460. The van der Waals surface area contributed by atoms with Gasteiger partial charge in [-0.1, -0.05) is 0 Å². The molecule has 34 heavy (non-hydrogen) atoms. The summed E-state index contributed by atoms with van der Waals surface area (Å²) in [6.07, 6.45) is -16.0. The maximum atomic E-state index is 14.0. The van der Waals surface area contributed by atoms with Crippen LogP contribution in [0.3, 0.4) is 0 Å². The number of alkyl halides is 19. The van der Waals surface area contributed by atoms with Gasteiger partial charge in [-0.15, -0.1) is 0 Å². The van der Waals surface area contributed by atoms with Gasteiger partial charge in [0.2, 0.25) is 0 Å². The molecule has 0 amide bonds. The number of hydrogen-bond donors (Lipinski definition) is 0. The van der Waals surface area contributed by atoms with Crippen LogP contribution in [0.15, 0.2) is 0 Å². The molecular formula is C11H5F19O3S. The molecule has 0 N–H and O–H groups in total. The predicted molar refractivity (Wildman–Crippen MR) is 66.2 cm³/mol. The summed E-state index contributed by atoms with van der Waals surface area (Å²) >= 11 is 0. The van der Waals surface area contributed by atoms with Crippen molar-refractivity contribution in [2.24, 2.45) is 0 Å². The normalized spacial score (nSPS) is 18.1. The summed E-state index contributed by atoms with van der Waals surface area (Å²) in [5.74, 6) is -53.4. The van der Waals surface area contributed by atoms with Crippen LogP contribution in [0.5, 0.6) is 0 Å². The van der Waals surface area contributed by atoms with Gasteiger partial charge in [0, 0.05) is 0 Å². The van der Waals surface area contributed by atoms with Crippen LogP contribution in [-0.2, 0) is 14.3 Å². The largest absolute Gasteiger partial charge is 0.460 e. The first-order chi connectivity index (χ1) is 14.3. The quantitative estimate of drug-likeness (QED) is 0.251. The van der Waals surface area contributed by atoms with Crippen molar-refractivity contribution in [2.75, 3.05) is 6.61 Å². The van der Waals surface area contributed by atoms with Gasteiger partial charge in [-0.05, 0) is 6.92 Å². The fraction of sp³-hybridized carbons (Fsp3) is 1.00. The molecular weight excluding hydrogens is 573 g/mol. The van der Waals surface area contributed by atoms with Crippen LogP contribution in [-0.4, -0.2) is 67.9 Å². The summed E-state index contributed by atoms with van der Waals surface area (Å²) in [6, 6.07) is 0. The summed E-state index contributed by atoms with van der Waals surface area (Å²) in [7, 11) is -7.98. The topological polar surface area (TPSA) is 43.4 Å². The second kappa shape index (κ2) is 8.05. The van der Waals surface area contributed by atoms with E-state index in [4.69, 9.17) is 0 Å². The Labute approximate surface area is 173 Å². The molecule has 0 spiro atoms. The minimum absolute atomic E-state index is 0.229. The molecule has 0 rings (SSSR count). The molecule has 0 aliphatic carbocycles. The van der Waals surface area contributed by atoms with E-state index in [1.54, 1.807) is 0 Å². The van der Waals surface area contributed by atoms with E-state index in [-0.39, 0.29) is 6.92 Å². The third-order valence-electron chi connectivity index (χ3n) is 3.71. The Hall–Kier alpha value is -1.42. The van der Waals surface area contributed by atoms with Crippen LogP contribution in [0.1, 0.15) is 6.92 Å². The number of halogens is 19. The molecule has 0 aliphatic heterocycles. The van der Waals surface area contributed by atoms with Crippen LogP contribution in [0.2, 0.25) is 0 Å². The Morgan fingerprint density at radius 1 is 0.471 bits per heavy atom. The fourth-order valence-corrected chi connectivity index (χ4v) is 3.08. The van der Waals surface area contributed by atoms with Crippen molar-refractivity contribution in [3.05, 3.63) is 0 Å². The Kier molecular flexibility index (Phi) is 7.71. The fourth-order valence-electron chi connectivity index (χ4n) is 1.88. The Bertz CT molecular complexity index is 854. The first kappa shape index (κ1) is 32.6. The SMILES string of the molecule is CCOS(=O)(=O)C(F)(C(F)(F)F)C(F)(F)C(F)(F)C(F)(F)C(F)(F)C(F)(F)C(F)(F)C(F)(F)F. The average molecular weight is 578 g/mol. The average Bonchev–Trinajstić information content (AvgIpc) is 2.57. The predicted octanol–water partition coefficient (Wildman–Crippen LogP) is 5.95. The van der Waals surface area contributed by atoms with Crippen molar-refractivity contribution in [1.82, 2.24) is 0 Å². The smallest absolute Gasteiger partial charge is 0.267 e. The molecule has 0 saturated carbocycles. The highest BCUT2D eigenvalue weighted by Gasteiger charge is 2.98. The molecule has 0 saturated heterocycles. The maximum Gasteiger partial charge on any atom is 0.460 e. The van der Waals surface area contributed by atoms with E-state index in [1.807, 2.05) is 0 Å². The third kappa shape index (κ3) is 3.83. The van der Waals surface area contributed by atoms with Crippen LogP contribution >= 0.6 is 0 Å². The van der Waals surface area contributed by atoms with Gasteiger partial charge < -0.3 is 0 Å². The van der Waals surface area contributed by atoms with Gasteiger partial charge in [-0.25, -0.2) is 4.39 Å². The van der Waals surface area contributed by atoms with Crippen molar-refractivity contribution in [1.29, 1.82) is 0 Å². The Morgan fingerprint density at radius 2 is 0.735 bits per heavy atom.